The lowest BCUT2D eigenvalue weighted by Crippen LogP contribution is -2.29. The lowest BCUT2D eigenvalue weighted by Gasteiger charge is -2.27. The van der Waals surface area contributed by atoms with Crippen LogP contribution in [0.4, 0.5) is 5.69 Å². The van der Waals surface area contributed by atoms with Gasteiger partial charge in [-0.15, -0.1) is 0 Å². The summed E-state index contributed by atoms with van der Waals surface area (Å²) < 4.78 is 17.5. The van der Waals surface area contributed by atoms with Gasteiger partial charge in [0.05, 0.1) is 41.7 Å². The molecular formula is C26H21Cl2N3O3S. The third kappa shape index (κ3) is 4.43. The molecule has 2 atom stereocenters. The van der Waals surface area contributed by atoms with Crippen LogP contribution in [-0.4, -0.2) is 24.3 Å². The smallest absolute Gasteiger partial charge is 0.174 e. The van der Waals surface area contributed by atoms with E-state index in [9.17, 15) is 0 Å². The molecule has 0 spiro atoms. The van der Waals surface area contributed by atoms with Crippen molar-refractivity contribution in [3.05, 3.63) is 94.4 Å². The van der Waals surface area contributed by atoms with Crippen LogP contribution in [0.15, 0.2) is 77.3 Å². The Morgan fingerprint density at radius 1 is 0.971 bits per heavy atom. The van der Waals surface area contributed by atoms with E-state index in [4.69, 9.17) is 49.3 Å². The number of nitrogens with zero attached hydrogens (tertiary/aromatic N) is 2. The van der Waals surface area contributed by atoms with Gasteiger partial charge in [-0.25, -0.2) is 0 Å². The Morgan fingerprint density at radius 2 is 1.83 bits per heavy atom. The molecule has 0 unspecified atom stereocenters. The number of methoxy groups -OCH3 is 2. The first-order valence-electron chi connectivity index (χ1n) is 10.8. The normalized spacial score (nSPS) is 17.4. The van der Waals surface area contributed by atoms with E-state index in [0.29, 0.717) is 38.2 Å². The molecule has 0 bridgehead atoms. The molecule has 0 radical (unpaired) electrons. The Hall–Kier alpha value is -3.26. The van der Waals surface area contributed by atoms with E-state index < -0.39 is 0 Å². The zero-order valence-electron chi connectivity index (χ0n) is 18.9. The second-order valence-corrected chi connectivity index (χ2v) is 9.07. The molecule has 35 heavy (non-hydrogen) atoms. The van der Waals surface area contributed by atoms with Crippen LogP contribution in [-0.2, 0) is 0 Å². The molecule has 0 saturated carbocycles. The maximum atomic E-state index is 6.38. The number of furan rings is 1. The summed E-state index contributed by atoms with van der Waals surface area (Å²) in [7, 11) is 3.23. The van der Waals surface area contributed by atoms with Crippen molar-refractivity contribution < 1.29 is 13.9 Å². The van der Waals surface area contributed by atoms with E-state index in [1.165, 1.54) is 0 Å². The summed E-state index contributed by atoms with van der Waals surface area (Å²) in [5.74, 6) is 2.67. The molecule has 1 aliphatic heterocycles. The first-order valence-corrected chi connectivity index (χ1v) is 11.9. The molecule has 1 aliphatic rings. The summed E-state index contributed by atoms with van der Waals surface area (Å²) in [5, 5.41) is 4.90. The van der Waals surface area contributed by atoms with E-state index >= 15 is 0 Å². The zero-order valence-corrected chi connectivity index (χ0v) is 21.2. The Balaban J connectivity index is 1.62. The minimum Gasteiger partial charge on any atom is -0.497 e. The van der Waals surface area contributed by atoms with Crippen molar-refractivity contribution in [3.8, 4) is 22.8 Å². The van der Waals surface area contributed by atoms with Crippen LogP contribution in [0.5, 0.6) is 11.5 Å². The highest BCUT2D eigenvalue weighted by atomic mass is 35.5. The third-order valence-corrected chi connectivity index (χ3v) is 6.92. The number of hydrogen-bond donors (Lipinski definition) is 1. The molecule has 5 rings (SSSR count). The van der Waals surface area contributed by atoms with Gasteiger partial charge in [-0.1, -0.05) is 29.3 Å². The second-order valence-electron chi connectivity index (χ2n) is 7.87. The fraction of sp³-hybridized carbons (Fsp3) is 0.154. The minimum absolute atomic E-state index is 0.261. The Morgan fingerprint density at radius 3 is 2.54 bits per heavy atom. The summed E-state index contributed by atoms with van der Waals surface area (Å²) in [4.78, 5) is 6.57. The molecule has 9 heteroatoms. The maximum absolute atomic E-state index is 6.38. The third-order valence-electron chi connectivity index (χ3n) is 5.87. The van der Waals surface area contributed by atoms with Crippen LogP contribution in [0.3, 0.4) is 0 Å². The van der Waals surface area contributed by atoms with Crippen LogP contribution in [0, 0.1) is 0 Å². The van der Waals surface area contributed by atoms with E-state index in [1.807, 2.05) is 59.5 Å². The largest absolute Gasteiger partial charge is 0.497 e. The molecule has 4 aromatic rings. The fourth-order valence-corrected chi connectivity index (χ4v) is 4.84. The Kier molecular flexibility index (Phi) is 6.56. The lowest BCUT2D eigenvalue weighted by atomic mass is 10.0. The zero-order chi connectivity index (χ0) is 24.5. The molecule has 1 saturated heterocycles. The van der Waals surface area contributed by atoms with Crippen LogP contribution >= 0.6 is 35.4 Å². The summed E-state index contributed by atoms with van der Waals surface area (Å²) in [6.45, 7) is 0. The van der Waals surface area contributed by atoms with Crippen molar-refractivity contribution in [1.29, 1.82) is 0 Å². The molecule has 0 amide bonds. The highest BCUT2D eigenvalue weighted by molar-refractivity contribution is 7.80. The maximum Gasteiger partial charge on any atom is 0.174 e. The molecule has 2 aromatic carbocycles. The summed E-state index contributed by atoms with van der Waals surface area (Å²) in [6, 6.07) is 20.1. The summed E-state index contributed by atoms with van der Waals surface area (Å²) in [5.41, 5.74) is 2.44. The second kappa shape index (κ2) is 9.77. The predicted octanol–water partition coefficient (Wildman–Crippen LogP) is 6.84. The number of aromatic nitrogens is 1. The van der Waals surface area contributed by atoms with Crippen LogP contribution < -0.4 is 19.7 Å². The monoisotopic (exact) mass is 525 g/mol. The number of benzene rings is 2. The van der Waals surface area contributed by atoms with Gasteiger partial charge in [0.1, 0.15) is 29.1 Å². The van der Waals surface area contributed by atoms with Gasteiger partial charge in [0.2, 0.25) is 0 Å². The highest BCUT2D eigenvalue weighted by Crippen LogP contribution is 2.46. The number of pyridine rings is 1. The summed E-state index contributed by atoms with van der Waals surface area (Å²) in [6.07, 6.45) is 1.76. The van der Waals surface area contributed by atoms with Gasteiger partial charge < -0.3 is 24.1 Å². The minimum atomic E-state index is -0.337. The standard InChI is InChI=1S/C26H21Cl2N3O3S/c1-32-16-7-9-20(23(14-16)33-2)31-25(24(30-26(31)35)19-5-3-4-12-29-19)22-11-10-21(34-22)15-6-8-17(27)18(28)13-15/h3-14,24-25H,1-2H3,(H,30,35)/t24-,25+/m0/s1. The number of anilines is 1. The highest BCUT2D eigenvalue weighted by Gasteiger charge is 2.43. The molecule has 0 aliphatic carbocycles. The molecule has 6 nitrogen and oxygen atoms in total. The number of halogens is 2. The number of thiocarbonyl (C=S) groups is 1. The van der Waals surface area contributed by atoms with Crippen molar-refractivity contribution >= 4 is 46.2 Å². The average molecular weight is 526 g/mol. The lowest BCUT2D eigenvalue weighted by molar-refractivity contribution is 0.392. The molecule has 178 valence electrons. The molecule has 3 heterocycles. The van der Waals surface area contributed by atoms with Crippen molar-refractivity contribution in [2.24, 2.45) is 0 Å². The van der Waals surface area contributed by atoms with E-state index in [2.05, 4.69) is 10.3 Å². The molecular weight excluding hydrogens is 505 g/mol. The summed E-state index contributed by atoms with van der Waals surface area (Å²) >= 11 is 18.1. The molecule has 1 fully saturated rings. The number of rotatable bonds is 6. The predicted molar refractivity (Wildman–Crippen MR) is 142 cm³/mol. The van der Waals surface area contributed by atoms with E-state index in [0.717, 1.165) is 16.9 Å². The van der Waals surface area contributed by atoms with Crippen molar-refractivity contribution in [3.63, 3.8) is 0 Å². The van der Waals surface area contributed by atoms with Crippen molar-refractivity contribution in [2.75, 3.05) is 19.1 Å². The number of ether oxygens (including phenoxy) is 2. The van der Waals surface area contributed by atoms with E-state index in [-0.39, 0.29) is 12.1 Å². The quantitative estimate of drug-likeness (QED) is 0.276. The van der Waals surface area contributed by atoms with Crippen LogP contribution in [0.1, 0.15) is 23.5 Å². The topological polar surface area (TPSA) is 59.8 Å². The molecule has 2 aromatic heterocycles. The van der Waals surface area contributed by atoms with Crippen LogP contribution in [0.25, 0.3) is 11.3 Å². The van der Waals surface area contributed by atoms with Gasteiger partial charge in [-0.05, 0) is 66.8 Å². The van der Waals surface area contributed by atoms with Crippen LogP contribution in [0.2, 0.25) is 10.0 Å². The van der Waals surface area contributed by atoms with Gasteiger partial charge in [0.15, 0.2) is 5.11 Å². The first kappa shape index (κ1) is 23.5. The molecule has 1 N–H and O–H groups in total. The first-order chi connectivity index (χ1) is 17.0. The van der Waals surface area contributed by atoms with Gasteiger partial charge in [-0.3, -0.25) is 4.98 Å². The number of hydrogen-bond acceptors (Lipinski definition) is 5. The Bertz CT molecular complexity index is 1380. The average Bonchev–Trinajstić information content (AvgIpc) is 3.50. The van der Waals surface area contributed by atoms with Gasteiger partial charge in [0.25, 0.3) is 0 Å². The van der Waals surface area contributed by atoms with Crippen molar-refractivity contribution in [2.45, 2.75) is 12.1 Å². The SMILES string of the molecule is COc1ccc(N2C(=S)N[C@@H](c3ccccn3)[C@H]2c2ccc(-c3ccc(Cl)c(Cl)c3)o2)c(OC)c1. The van der Waals surface area contributed by atoms with Gasteiger partial charge in [-0.2, -0.15) is 0 Å². The fourth-order valence-electron chi connectivity index (χ4n) is 4.20. The Labute approximate surface area is 218 Å². The van der Waals surface area contributed by atoms with Gasteiger partial charge in [0, 0.05) is 17.8 Å². The van der Waals surface area contributed by atoms with E-state index in [1.54, 1.807) is 32.5 Å². The van der Waals surface area contributed by atoms with Gasteiger partial charge >= 0.3 is 0 Å². The van der Waals surface area contributed by atoms with Crippen molar-refractivity contribution in [1.82, 2.24) is 10.3 Å². The number of nitrogens with one attached hydrogen (secondary N) is 1.